The number of hydrogen-bond acceptors (Lipinski definition) is 6. The van der Waals surface area contributed by atoms with Crippen LogP contribution in [0.25, 0.3) is 11.0 Å². The number of nitro groups is 1. The third-order valence-electron chi connectivity index (χ3n) is 5.03. The number of benzene rings is 2. The van der Waals surface area contributed by atoms with Crippen molar-refractivity contribution in [2.45, 2.75) is 0 Å². The number of nitro benzene ring substituents is 1. The number of nitrogens with one attached hydrogen (secondary N) is 1. The van der Waals surface area contributed by atoms with E-state index in [-0.39, 0.29) is 23.7 Å². The van der Waals surface area contributed by atoms with Gasteiger partial charge in [0.25, 0.3) is 11.6 Å². The van der Waals surface area contributed by atoms with Crippen LogP contribution in [0.1, 0.15) is 0 Å². The maximum Gasteiger partial charge on any atom is 0.328 e. The van der Waals surface area contributed by atoms with Crippen molar-refractivity contribution in [1.29, 1.82) is 0 Å². The Balaban J connectivity index is 1.68. The molecule has 1 aromatic heterocycles. The van der Waals surface area contributed by atoms with Gasteiger partial charge in [-0.2, -0.15) is 0 Å². The van der Waals surface area contributed by atoms with Crippen molar-refractivity contribution in [1.82, 2.24) is 9.13 Å². The number of carbonyl (C=O) groups is 2. The first-order valence-corrected chi connectivity index (χ1v) is 9.41. The molecule has 2 heterocycles. The Labute approximate surface area is 179 Å². The Morgan fingerprint density at radius 3 is 2.55 bits per heavy atom. The Hall–Kier alpha value is -3.86. The maximum atomic E-state index is 12.7. The van der Waals surface area contributed by atoms with Gasteiger partial charge >= 0.3 is 5.69 Å². The molecule has 160 valence electrons. The van der Waals surface area contributed by atoms with Crippen molar-refractivity contribution in [3.63, 3.8) is 0 Å². The Kier molecular flexibility index (Phi) is 4.90. The van der Waals surface area contributed by atoms with E-state index in [1.54, 1.807) is 12.1 Å². The van der Waals surface area contributed by atoms with E-state index in [9.17, 15) is 24.5 Å². The van der Waals surface area contributed by atoms with Crippen molar-refractivity contribution in [2.75, 3.05) is 23.4 Å². The predicted molar refractivity (Wildman–Crippen MR) is 113 cm³/mol. The van der Waals surface area contributed by atoms with Crippen molar-refractivity contribution in [3.8, 4) is 5.75 Å². The zero-order chi connectivity index (χ0) is 22.4. The van der Waals surface area contributed by atoms with Crippen molar-refractivity contribution >= 4 is 51.5 Å². The van der Waals surface area contributed by atoms with Gasteiger partial charge in [0, 0.05) is 25.2 Å². The first-order chi connectivity index (χ1) is 14.7. The van der Waals surface area contributed by atoms with Gasteiger partial charge in [0.2, 0.25) is 5.91 Å². The molecule has 12 heteroatoms. The molecule has 2 aromatic carbocycles. The molecule has 0 fully saturated rings. The highest BCUT2D eigenvalue weighted by Gasteiger charge is 2.29. The molecular formula is C19H16ClN5O6. The van der Waals surface area contributed by atoms with Gasteiger partial charge in [-0.25, -0.2) is 4.79 Å². The van der Waals surface area contributed by atoms with E-state index in [0.29, 0.717) is 27.5 Å². The van der Waals surface area contributed by atoms with Gasteiger partial charge < -0.3 is 10.1 Å². The summed E-state index contributed by atoms with van der Waals surface area (Å²) in [4.78, 5) is 49.3. The highest BCUT2D eigenvalue weighted by molar-refractivity contribution is 6.31. The molecule has 2 amide bonds. The Morgan fingerprint density at radius 2 is 1.87 bits per heavy atom. The first kappa shape index (κ1) is 20.4. The Bertz CT molecular complexity index is 1330. The van der Waals surface area contributed by atoms with Crippen LogP contribution in [0.2, 0.25) is 5.02 Å². The van der Waals surface area contributed by atoms with Crippen LogP contribution >= 0.6 is 11.6 Å². The van der Waals surface area contributed by atoms with E-state index in [4.69, 9.17) is 16.3 Å². The summed E-state index contributed by atoms with van der Waals surface area (Å²) in [5.41, 5.74) is 0.265. The van der Waals surface area contributed by atoms with E-state index in [2.05, 4.69) is 5.32 Å². The number of ether oxygens (including phenoxy) is 1. The minimum Gasteiger partial charge on any atom is -0.482 e. The average molecular weight is 446 g/mol. The molecule has 0 atom stereocenters. The number of aromatic nitrogens is 2. The third-order valence-corrected chi connectivity index (χ3v) is 5.26. The lowest BCUT2D eigenvalue weighted by Crippen LogP contribution is -2.43. The van der Waals surface area contributed by atoms with Gasteiger partial charge in [0.1, 0.15) is 18.0 Å². The van der Waals surface area contributed by atoms with Gasteiger partial charge in [-0.05, 0) is 24.3 Å². The number of rotatable bonds is 4. The van der Waals surface area contributed by atoms with E-state index in [1.807, 2.05) is 0 Å². The summed E-state index contributed by atoms with van der Waals surface area (Å²) in [6.07, 6.45) is 0. The van der Waals surface area contributed by atoms with Gasteiger partial charge in [-0.1, -0.05) is 11.6 Å². The number of amides is 2. The normalized spacial score (nSPS) is 13.1. The van der Waals surface area contributed by atoms with E-state index in [0.717, 1.165) is 0 Å². The molecule has 3 aromatic rings. The second kappa shape index (κ2) is 7.43. The minimum absolute atomic E-state index is 0.0873. The Morgan fingerprint density at radius 1 is 1.19 bits per heavy atom. The van der Waals surface area contributed by atoms with Crippen LogP contribution in [0.5, 0.6) is 5.75 Å². The zero-order valence-electron chi connectivity index (χ0n) is 16.4. The number of imidazole rings is 1. The molecule has 0 bridgehead atoms. The molecule has 1 aliphatic heterocycles. The number of aryl methyl sites for hydroxylation is 2. The van der Waals surface area contributed by atoms with Crippen LogP contribution in [0.3, 0.4) is 0 Å². The van der Waals surface area contributed by atoms with Crippen LogP contribution in [0, 0.1) is 10.1 Å². The zero-order valence-corrected chi connectivity index (χ0v) is 17.2. The summed E-state index contributed by atoms with van der Waals surface area (Å²) in [5.74, 6) is -0.728. The number of anilines is 2. The molecule has 1 N–H and O–H groups in total. The molecule has 4 rings (SSSR count). The van der Waals surface area contributed by atoms with Crippen LogP contribution < -0.4 is 20.6 Å². The van der Waals surface area contributed by atoms with Gasteiger partial charge in [0.05, 0.1) is 21.6 Å². The second-order valence-electron chi connectivity index (χ2n) is 6.94. The molecule has 1 aliphatic rings. The molecule has 0 aliphatic carbocycles. The fraction of sp³-hybridized carbons (Fsp3) is 0.211. The molecule has 31 heavy (non-hydrogen) atoms. The van der Waals surface area contributed by atoms with E-state index in [1.165, 1.54) is 46.3 Å². The SMILES string of the molecule is Cn1c(=O)n(C)c2cc([N+](=O)[O-])c(NC(=O)CN3C(=O)COc4ccc(Cl)cc43)cc21. The highest BCUT2D eigenvalue weighted by Crippen LogP contribution is 2.35. The monoisotopic (exact) mass is 445 g/mol. The summed E-state index contributed by atoms with van der Waals surface area (Å²) < 4.78 is 7.94. The molecular weight excluding hydrogens is 430 g/mol. The second-order valence-corrected chi connectivity index (χ2v) is 7.38. The highest BCUT2D eigenvalue weighted by atomic mass is 35.5. The predicted octanol–water partition coefficient (Wildman–Crippen LogP) is 1.80. The standard InChI is InChI=1S/C19H16ClN5O6/c1-22-13-6-11(12(25(29)30)7-14(13)23(2)19(22)28)21-17(26)8-24-15-5-10(20)3-4-16(15)31-9-18(24)27/h3-7H,8-9H2,1-2H3,(H,21,26). The van der Waals surface area contributed by atoms with Crippen molar-refractivity contribution < 1.29 is 19.2 Å². The lowest BCUT2D eigenvalue weighted by molar-refractivity contribution is -0.383. The summed E-state index contributed by atoms with van der Waals surface area (Å²) >= 11 is 6.00. The van der Waals surface area contributed by atoms with Crippen LogP contribution in [-0.4, -0.2) is 39.0 Å². The summed E-state index contributed by atoms with van der Waals surface area (Å²) in [6, 6.07) is 7.26. The number of fused-ring (bicyclic) bond motifs is 2. The number of hydrogen-bond donors (Lipinski definition) is 1. The number of halogens is 1. The van der Waals surface area contributed by atoms with E-state index < -0.39 is 23.3 Å². The lowest BCUT2D eigenvalue weighted by atomic mass is 10.2. The van der Waals surface area contributed by atoms with Crippen LogP contribution in [0.15, 0.2) is 35.1 Å². The summed E-state index contributed by atoms with van der Waals surface area (Å²) in [7, 11) is 3.02. The topological polar surface area (TPSA) is 129 Å². The molecule has 0 spiro atoms. The van der Waals surface area contributed by atoms with Crippen molar-refractivity contribution in [2.24, 2.45) is 14.1 Å². The lowest BCUT2D eigenvalue weighted by Gasteiger charge is -2.29. The van der Waals surface area contributed by atoms with Gasteiger partial charge in [-0.15, -0.1) is 0 Å². The largest absolute Gasteiger partial charge is 0.482 e. The summed E-state index contributed by atoms with van der Waals surface area (Å²) in [5, 5.41) is 14.4. The molecule has 0 unspecified atom stereocenters. The third kappa shape index (κ3) is 3.48. The number of nitrogens with zero attached hydrogens (tertiary/aromatic N) is 4. The fourth-order valence-electron chi connectivity index (χ4n) is 3.47. The molecule has 0 radical (unpaired) electrons. The first-order valence-electron chi connectivity index (χ1n) is 9.04. The minimum atomic E-state index is -0.662. The van der Waals surface area contributed by atoms with Crippen LogP contribution in [-0.2, 0) is 23.7 Å². The molecule has 0 saturated heterocycles. The quantitative estimate of drug-likeness (QED) is 0.481. The fourth-order valence-corrected chi connectivity index (χ4v) is 3.63. The van der Waals surface area contributed by atoms with E-state index >= 15 is 0 Å². The smallest absolute Gasteiger partial charge is 0.328 e. The molecule has 0 saturated carbocycles. The summed E-state index contributed by atoms with van der Waals surface area (Å²) in [6.45, 7) is -0.654. The van der Waals surface area contributed by atoms with Gasteiger partial charge in [0.15, 0.2) is 6.61 Å². The van der Waals surface area contributed by atoms with Crippen LogP contribution in [0.4, 0.5) is 17.1 Å². The van der Waals surface area contributed by atoms with Crippen molar-refractivity contribution in [3.05, 3.63) is 56.0 Å². The maximum absolute atomic E-state index is 12.7. The average Bonchev–Trinajstić information content (AvgIpc) is 2.93. The molecule has 11 nitrogen and oxygen atoms in total. The van der Waals surface area contributed by atoms with Gasteiger partial charge in [-0.3, -0.25) is 33.7 Å². The number of carbonyl (C=O) groups excluding carboxylic acids is 2.